The first-order valence-electron chi connectivity index (χ1n) is 3.79. The lowest BCUT2D eigenvalue weighted by Crippen LogP contribution is -2.18. The summed E-state index contributed by atoms with van der Waals surface area (Å²) < 4.78 is 5.20. The molecule has 0 spiro atoms. The highest BCUT2D eigenvalue weighted by molar-refractivity contribution is 5.89. The van der Waals surface area contributed by atoms with Gasteiger partial charge in [-0.05, 0) is 6.92 Å². The van der Waals surface area contributed by atoms with Crippen LogP contribution in [-0.2, 0) is 14.4 Å². The molecule has 1 rings (SSSR count). The van der Waals surface area contributed by atoms with Gasteiger partial charge in [0, 0.05) is 6.42 Å². The van der Waals surface area contributed by atoms with E-state index in [-0.39, 0.29) is 12.7 Å². The molecule has 5 heteroatoms. The van der Waals surface area contributed by atoms with E-state index in [1.54, 1.807) is 0 Å². The summed E-state index contributed by atoms with van der Waals surface area (Å²) in [5.41, 5.74) is 5.68. The van der Waals surface area contributed by atoms with E-state index >= 15 is 0 Å². The van der Waals surface area contributed by atoms with Crippen molar-refractivity contribution >= 4 is 11.6 Å². The van der Waals surface area contributed by atoms with Gasteiger partial charge in [0.15, 0.2) is 6.61 Å². The summed E-state index contributed by atoms with van der Waals surface area (Å²) in [5.74, 6) is -0.522. The van der Waals surface area contributed by atoms with Gasteiger partial charge in [0.25, 0.3) is 5.91 Å². The Morgan fingerprint density at radius 3 is 3.17 bits per heavy atom. The van der Waals surface area contributed by atoms with Crippen LogP contribution in [0.25, 0.3) is 0 Å². The molecule has 1 heterocycles. The monoisotopic (exact) mass is 172 g/mol. The molecule has 0 radical (unpaired) electrons. The lowest BCUT2D eigenvalue weighted by molar-refractivity contribution is -0.122. The van der Waals surface area contributed by atoms with Crippen LogP contribution in [0.4, 0.5) is 0 Å². The molecular formula is C7H12N2O3. The number of rotatable bonds is 3. The molecule has 1 atom stereocenters. The Bertz CT molecular complexity index is 203. The van der Waals surface area contributed by atoms with Gasteiger partial charge >= 0.3 is 0 Å². The molecule has 1 amide bonds. The van der Waals surface area contributed by atoms with E-state index in [0.29, 0.717) is 6.61 Å². The van der Waals surface area contributed by atoms with E-state index in [9.17, 15) is 4.79 Å². The minimum atomic E-state index is -0.522. The van der Waals surface area contributed by atoms with E-state index in [0.717, 1.165) is 12.1 Å². The average molecular weight is 172 g/mol. The highest BCUT2D eigenvalue weighted by Gasteiger charge is 2.18. The third-order valence-corrected chi connectivity index (χ3v) is 1.58. The van der Waals surface area contributed by atoms with Gasteiger partial charge in [0.2, 0.25) is 0 Å². The van der Waals surface area contributed by atoms with E-state index in [4.69, 9.17) is 10.5 Å². The van der Waals surface area contributed by atoms with Crippen molar-refractivity contribution in [3.05, 3.63) is 0 Å². The molecule has 1 saturated heterocycles. The lowest BCUT2D eigenvalue weighted by atomic mass is 10.2. The van der Waals surface area contributed by atoms with Crippen LogP contribution < -0.4 is 5.73 Å². The maximum absolute atomic E-state index is 10.3. The Morgan fingerprint density at radius 1 is 1.92 bits per heavy atom. The quantitative estimate of drug-likeness (QED) is 0.591. The zero-order valence-corrected chi connectivity index (χ0v) is 6.95. The standard InChI is InChI=1S/C7H12N2O3/c1-5-6(2-3-11-5)9-12-4-7(8)10/h5H,2-4H2,1H3,(H2,8,10)/b9-6+. The highest BCUT2D eigenvalue weighted by atomic mass is 16.6. The summed E-state index contributed by atoms with van der Waals surface area (Å²) in [4.78, 5) is 14.9. The second-order valence-electron chi connectivity index (χ2n) is 2.59. The van der Waals surface area contributed by atoms with Crippen LogP contribution in [0.1, 0.15) is 13.3 Å². The van der Waals surface area contributed by atoms with Crippen LogP contribution in [0.3, 0.4) is 0 Å². The molecular weight excluding hydrogens is 160 g/mol. The predicted molar refractivity (Wildman–Crippen MR) is 42.6 cm³/mol. The zero-order chi connectivity index (χ0) is 8.97. The summed E-state index contributed by atoms with van der Waals surface area (Å²) >= 11 is 0. The third-order valence-electron chi connectivity index (χ3n) is 1.58. The van der Waals surface area contributed by atoms with Gasteiger partial charge in [0.05, 0.1) is 18.4 Å². The molecule has 0 aliphatic carbocycles. The fraction of sp³-hybridized carbons (Fsp3) is 0.714. The number of nitrogens with two attached hydrogens (primary N) is 1. The van der Waals surface area contributed by atoms with Gasteiger partial charge in [-0.15, -0.1) is 0 Å². The van der Waals surface area contributed by atoms with E-state index in [2.05, 4.69) is 9.99 Å². The van der Waals surface area contributed by atoms with Crippen LogP contribution in [0, 0.1) is 0 Å². The number of nitrogens with zero attached hydrogens (tertiary/aromatic N) is 1. The summed E-state index contributed by atoms with van der Waals surface area (Å²) in [6.07, 6.45) is 0.762. The van der Waals surface area contributed by atoms with Crippen molar-refractivity contribution < 1.29 is 14.4 Å². The number of amides is 1. The molecule has 0 aromatic heterocycles. The Hall–Kier alpha value is -1.10. The van der Waals surface area contributed by atoms with Crippen molar-refractivity contribution in [3.8, 4) is 0 Å². The van der Waals surface area contributed by atoms with Crippen LogP contribution in [-0.4, -0.2) is 30.9 Å². The van der Waals surface area contributed by atoms with Gasteiger partial charge in [-0.2, -0.15) is 0 Å². The molecule has 5 nitrogen and oxygen atoms in total. The second kappa shape index (κ2) is 4.06. The van der Waals surface area contributed by atoms with Crippen molar-refractivity contribution in [1.29, 1.82) is 0 Å². The van der Waals surface area contributed by atoms with Crippen LogP contribution in [0.15, 0.2) is 5.16 Å². The minimum absolute atomic E-state index is 0.00197. The SMILES string of the molecule is CC1OCC/C1=N\OCC(N)=O. The first-order chi connectivity index (χ1) is 5.70. The Morgan fingerprint density at radius 2 is 2.67 bits per heavy atom. The minimum Gasteiger partial charge on any atom is -0.386 e. The van der Waals surface area contributed by atoms with Crippen molar-refractivity contribution in [2.24, 2.45) is 10.9 Å². The zero-order valence-electron chi connectivity index (χ0n) is 6.95. The summed E-state index contributed by atoms with van der Waals surface area (Å²) in [7, 11) is 0. The summed E-state index contributed by atoms with van der Waals surface area (Å²) in [6.45, 7) is 2.38. The fourth-order valence-electron chi connectivity index (χ4n) is 0.938. The van der Waals surface area contributed by atoms with Gasteiger partial charge in [-0.1, -0.05) is 5.16 Å². The number of carbonyl (C=O) groups is 1. The highest BCUT2D eigenvalue weighted by Crippen LogP contribution is 2.08. The summed E-state index contributed by atoms with van der Waals surface area (Å²) in [6, 6.07) is 0. The number of hydrogen-bond donors (Lipinski definition) is 1. The van der Waals surface area contributed by atoms with Crippen LogP contribution in [0.5, 0.6) is 0 Å². The van der Waals surface area contributed by atoms with Crippen LogP contribution in [0.2, 0.25) is 0 Å². The summed E-state index contributed by atoms with van der Waals surface area (Å²) in [5, 5.41) is 3.74. The molecule has 1 aliphatic rings. The van der Waals surface area contributed by atoms with E-state index in [1.165, 1.54) is 0 Å². The smallest absolute Gasteiger partial charge is 0.258 e. The third kappa shape index (κ3) is 2.50. The predicted octanol–water partition coefficient (Wildman–Crippen LogP) is -0.347. The van der Waals surface area contributed by atoms with Gasteiger partial charge in [-0.3, -0.25) is 4.79 Å². The van der Waals surface area contributed by atoms with Crippen molar-refractivity contribution in [1.82, 2.24) is 0 Å². The molecule has 0 bridgehead atoms. The topological polar surface area (TPSA) is 73.9 Å². The van der Waals surface area contributed by atoms with Crippen molar-refractivity contribution in [2.75, 3.05) is 13.2 Å². The Kier molecular flexibility index (Phi) is 3.04. The van der Waals surface area contributed by atoms with E-state index in [1.807, 2.05) is 6.92 Å². The molecule has 0 aromatic carbocycles. The number of hydrogen-bond acceptors (Lipinski definition) is 4. The van der Waals surface area contributed by atoms with Gasteiger partial charge in [-0.25, -0.2) is 0 Å². The first-order valence-corrected chi connectivity index (χ1v) is 3.79. The molecule has 1 unspecified atom stereocenters. The first kappa shape index (κ1) is 8.99. The number of ether oxygens (including phenoxy) is 1. The maximum Gasteiger partial charge on any atom is 0.258 e. The Balaban J connectivity index is 2.31. The molecule has 12 heavy (non-hydrogen) atoms. The number of carbonyl (C=O) groups excluding carboxylic acids is 1. The molecule has 2 N–H and O–H groups in total. The van der Waals surface area contributed by atoms with Crippen LogP contribution >= 0.6 is 0 Å². The van der Waals surface area contributed by atoms with Gasteiger partial charge < -0.3 is 15.3 Å². The Labute approximate surface area is 70.5 Å². The van der Waals surface area contributed by atoms with E-state index < -0.39 is 5.91 Å². The fourth-order valence-corrected chi connectivity index (χ4v) is 0.938. The van der Waals surface area contributed by atoms with Gasteiger partial charge in [0.1, 0.15) is 0 Å². The van der Waals surface area contributed by atoms with Crippen molar-refractivity contribution in [3.63, 3.8) is 0 Å². The maximum atomic E-state index is 10.3. The largest absolute Gasteiger partial charge is 0.386 e. The molecule has 1 fully saturated rings. The molecule has 1 aliphatic heterocycles. The van der Waals surface area contributed by atoms with Crippen molar-refractivity contribution in [2.45, 2.75) is 19.4 Å². The lowest BCUT2D eigenvalue weighted by Gasteiger charge is -2.01. The number of oxime groups is 1. The molecule has 0 aromatic rings. The second-order valence-corrected chi connectivity index (χ2v) is 2.59. The normalized spacial score (nSPS) is 26.1. The average Bonchev–Trinajstić information content (AvgIpc) is 2.36. The molecule has 68 valence electrons. The molecule has 0 saturated carbocycles. The number of primary amides is 1.